The number of rotatable bonds is 6. The van der Waals surface area contributed by atoms with E-state index in [0.717, 1.165) is 71.1 Å². The Morgan fingerprint density at radius 3 is 2.55 bits per heavy atom. The molecule has 2 fully saturated rings. The van der Waals surface area contributed by atoms with Crippen LogP contribution in [0.2, 0.25) is 0 Å². The first-order valence-corrected chi connectivity index (χ1v) is 8.02. The zero-order chi connectivity index (χ0) is 14.2. The number of piperidine rings is 1. The third-order valence-corrected chi connectivity index (χ3v) is 4.40. The number of carbonyl (C=O) groups excluding carboxylic acids is 1. The molecule has 5 nitrogen and oxygen atoms in total. The molecule has 5 heteroatoms. The number of carbonyl (C=O) groups is 1. The maximum absolute atomic E-state index is 12.0. The Bertz CT molecular complexity index is 285. The van der Waals surface area contributed by atoms with E-state index in [1.807, 2.05) is 7.05 Å². The van der Waals surface area contributed by atoms with Crippen LogP contribution in [0.25, 0.3) is 0 Å². The quantitative estimate of drug-likeness (QED) is 0.723. The number of morpholine rings is 1. The summed E-state index contributed by atoms with van der Waals surface area (Å²) in [5.41, 5.74) is 0. The fourth-order valence-electron chi connectivity index (χ4n) is 3.09. The van der Waals surface area contributed by atoms with Gasteiger partial charge in [0.1, 0.15) is 0 Å². The summed E-state index contributed by atoms with van der Waals surface area (Å²) in [6, 6.07) is 0. The van der Waals surface area contributed by atoms with E-state index in [0.29, 0.717) is 12.3 Å². The van der Waals surface area contributed by atoms with E-state index in [1.54, 1.807) is 0 Å². The van der Waals surface area contributed by atoms with Gasteiger partial charge in [0.25, 0.3) is 0 Å². The molecule has 0 bridgehead atoms. The minimum atomic E-state index is 0.338. The van der Waals surface area contributed by atoms with E-state index in [4.69, 9.17) is 4.74 Å². The standard InChI is InChI=1S/C15H29N3O2/c1-16-6-2-3-15(19)18-7-4-14(5-8-18)13-17-9-11-20-12-10-17/h14,16H,2-13H2,1H3. The van der Waals surface area contributed by atoms with E-state index < -0.39 is 0 Å². The van der Waals surface area contributed by atoms with Crippen LogP contribution >= 0.6 is 0 Å². The van der Waals surface area contributed by atoms with E-state index in [2.05, 4.69) is 15.1 Å². The largest absolute Gasteiger partial charge is 0.379 e. The molecular weight excluding hydrogens is 254 g/mol. The minimum Gasteiger partial charge on any atom is -0.379 e. The third kappa shape index (κ3) is 5.04. The van der Waals surface area contributed by atoms with Gasteiger partial charge in [-0.1, -0.05) is 0 Å². The van der Waals surface area contributed by atoms with E-state index in [1.165, 1.54) is 6.54 Å². The molecule has 0 aromatic heterocycles. The van der Waals surface area contributed by atoms with Crippen molar-refractivity contribution in [2.24, 2.45) is 5.92 Å². The Balaban J connectivity index is 1.62. The lowest BCUT2D eigenvalue weighted by atomic mass is 9.95. The summed E-state index contributed by atoms with van der Waals surface area (Å²) in [6.45, 7) is 7.92. The number of nitrogens with one attached hydrogen (secondary N) is 1. The van der Waals surface area contributed by atoms with Crippen LogP contribution < -0.4 is 5.32 Å². The zero-order valence-electron chi connectivity index (χ0n) is 12.8. The van der Waals surface area contributed by atoms with Crippen LogP contribution in [-0.2, 0) is 9.53 Å². The molecule has 0 unspecified atom stereocenters. The Morgan fingerprint density at radius 1 is 1.20 bits per heavy atom. The fraction of sp³-hybridized carbons (Fsp3) is 0.933. The first-order valence-electron chi connectivity index (χ1n) is 8.02. The molecule has 2 heterocycles. The van der Waals surface area contributed by atoms with E-state index >= 15 is 0 Å². The van der Waals surface area contributed by atoms with Crippen LogP contribution in [-0.4, -0.2) is 75.2 Å². The molecule has 116 valence electrons. The van der Waals surface area contributed by atoms with E-state index in [-0.39, 0.29) is 0 Å². The maximum atomic E-state index is 12.0. The SMILES string of the molecule is CNCCCC(=O)N1CCC(CN2CCOCC2)CC1. The molecule has 2 aliphatic heterocycles. The van der Waals surface area contributed by atoms with Crippen molar-refractivity contribution < 1.29 is 9.53 Å². The van der Waals surface area contributed by atoms with Gasteiger partial charge in [-0.3, -0.25) is 9.69 Å². The van der Waals surface area contributed by atoms with Crippen LogP contribution in [0.4, 0.5) is 0 Å². The molecule has 0 aromatic rings. The van der Waals surface area contributed by atoms with Crippen molar-refractivity contribution in [1.29, 1.82) is 0 Å². The number of amides is 1. The predicted octanol–water partition coefficient (Wildman–Crippen LogP) is 0.557. The molecular formula is C15H29N3O2. The van der Waals surface area contributed by atoms with Gasteiger partial charge in [-0.05, 0) is 38.8 Å². The average molecular weight is 283 g/mol. The van der Waals surface area contributed by atoms with Gasteiger partial charge < -0.3 is 15.0 Å². The Kier molecular flexibility index (Phi) is 6.76. The van der Waals surface area contributed by atoms with Gasteiger partial charge in [0.15, 0.2) is 0 Å². The first-order chi connectivity index (χ1) is 9.79. The van der Waals surface area contributed by atoms with Crippen molar-refractivity contribution >= 4 is 5.91 Å². The van der Waals surface area contributed by atoms with Gasteiger partial charge in [-0.25, -0.2) is 0 Å². The molecule has 0 saturated carbocycles. The van der Waals surface area contributed by atoms with Gasteiger partial charge in [0, 0.05) is 39.1 Å². The summed E-state index contributed by atoms with van der Waals surface area (Å²) < 4.78 is 5.38. The summed E-state index contributed by atoms with van der Waals surface area (Å²) in [5.74, 6) is 1.10. The van der Waals surface area contributed by atoms with Gasteiger partial charge in [-0.2, -0.15) is 0 Å². The third-order valence-electron chi connectivity index (χ3n) is 4.40. The highest BCUT2D eigenvalue weighted by atomic mass is 16.5. The van der Waals surface area contributed by atoms with Crippen LogP contribution in [0.3, 0.4) is 0 Å². The first kappa shape index (κ1) is 15.7. The Hall–Kier alpha value is -0.650. The zero-order valence-corrected chi connectivity index (χ0v) is 12.8. The highest BCUT2D eigenvalue weighted by Crippen LogP contribution is 2.19. The van der Waals surface area contributed by atoms with Crippen molar-refractivity contribution in [3.8, 4) is 0 Å². The maximum Gasteiger partial charge on any atom is 0.222 e. The number of hydrogen-bond acceptors (Lipinski definition) is 4. The summed E-state index contributed by atoms with van der Waals surface area (Å²) in [6.07, 6.45) is 3.96. The highest BCUT2D eigenvalue weighted by molar-refractivity contribution is 5.76. The van der Waals surface area contributed by atoms with Crippen molar-refractivity contribution in [1.82, 2.24) is 15.1 Å². The molecule has 2 saturated heterocycles. The smallest absolute Gasteiger partial charge is 0.222 e. The molecule has 0 aliphatic carbocycles. The highest BCUT2D eigenvalue weighted by Gasteiger charge is 2.24. The van der Waals surface area contributed by atoms with Crippen LogP contribution in [0.1, 0.15) is 25.7 Å². The normalized spacial score (nSPS) is 22.1. The van der Waals surface area contributed by atoms with Gasteiger partial charge in [0.05, 0.1) is 13.2 Å². The van der Waals surface area contributed by atoms with E-state index in [9.17, 15) is 4.79 Å². The van der Waals surface area contributed by atoms with Crippen molar-refractivity contribution in [2.75, 3.05) is 59.5 Å². The molecule has 1 amide bonds. The fourth-order valence-corrected chi connectivity index (χ4v) is 3.09. The number of hydrogen-bond donors (Lipinski definition) is 1. The second-order valence-electron chi connectivity index (χ2n) is 5.94. The van der Waals surface area contributed by atoms with Crippen LogP contribution in [0.15, 0.2) is 0 Å². The van der Waals surface area contributed by atoms with Gasteiger partial charge in [-0.15, -0.1) is 0 Å². The molecule has 1 N–H and O–H groups in total. The number of nitrogens with zero attached hydrogens (tertiary/aromatic N) is 2. The Morgan fingerprint density at radius 2 is 1.90 bits per heavy atom. The lowest BCUT2D eigenvalue weighted by Gasteiger charge is -2.36. The lowest BCUT2D eigenvalue weighted by molar-refractivity contribution is -0.132. The second-order valence-corrected chi connectivity index (χ2v) is 5.94. The predicted molar refractivity (Wildman–Crippen MR) is 79.7 cm³/mol. The summed E-state index contributed by atoms with van der Waals surface area (Å²) in [5, 5.41) is 3.09. The summed E-state index contributed by atoms with van der Waals surface area (Å²) in [7, 11) is 1.93. The number of likely N-dealkylation sites (tertiary alicyclic amines) is 1. The molecule has 2 aliphatic rings. The number of ether oxygens (including phenoxy) is 1. The van der Waals surface area contributed by atoms with Crippen molar-refractivity contribution in [3.05, 3.63) is 0 Å². The molecule has 0 spiro atoms. The minimum absolute atomic E-state index is 0.338. The van der Waals surface area contributed by atoms with Gasteiger partial charge >= 0.3 is 0 Å². The Labute approximate surface area is 122 Å². The second kappa shape index (κ2) is 8.60. The average Bonchev–Trinajstić information content (AvgIpc) is 2.49. The van der Waals surface area contributed by atoms with Crippen molar-refractivity contribution in [2.45, 2.75) is 25.7 Å². The topological polar surface area (TPSA) is 44.8 Å². The lowest BCUT2D eigenvalue weighted by Crippen LogP contribution is -2.44. The summed E-state index contributed by atoms with van der Waals surface area (Å²) >= 11 is 0. The molecule has 0 radical (unpaired) electrons. The monoisotopic (exact) mass is 283 g/mol. The van der Waals surface area contributed by atoms with Crippen LogP contribution in [0, 0.1) is 5.92 Å². The molecule has 0 atom stereocenters. The van der Waals surface area contributed by atoms with Crippen molar-refractivity contribution in [3.63, 3.8) is 0 Å². The van der Waals surface area contributed by atoms with Crippen LogP contribution in [0.5, 0.6) is 0 Å². The summed E-state index contributed by atoms with van der Waals surface area (Å²) in [4.78, 5) is 16.6. The molecule has 0 aromatic carbocycles. The molecule has 20 heavy (non-hydrogen) atoms. The van der Waals surface area contributed by atoms with Gasteiger partial charge in [0.2, 0.25) is 5.91 Å². The molecule has 2 rings (SSSR count).